The Morgan fingerprint density at radius 2 is 2.00 bits per heavy atom. The molecule has 0 spiro atoms. The van der Waals surface area contributed by atoms with Crippen LogP contribution < -0.4 is 0 Å². The molecule has 1 aromatic carbocycles. The zero-order chi connectivity index (χ0) is 12.8. The molecule has 0 saturated carbocycles. The highest BCUT2D eigenvalue weighted by Gasteiger charge is 2.18. The quantitative estimate of drug-likeness (QED) is 0.629. The summed E-state index contributed by atoms with van der Waals surface area (Å²) in [6.07, 6.45) is 0.681. The lowest BCUT2D eigenvalue weighted by Crippen LogP contribution is -2.35. The van der Waals surface area contributed by atoms with Crippen LogP contribution in [0.1, 0.15) is 5.56 Å². The highest BCUT2D eigenvalue weighted by atomic mass is 79.9. The van der Waals surface area contributed by atoms with Crippen molar-refractivity contribution in [1.82, 2.24) is 4.90 Å². The van der Waals surface area contributed by atoms with E-state index in [2.05, 4.69) is 20.7 Å². The van der Waals surface area contributed by atoms with Crippen LogP contribution in [0.2, 0.25) is 0 Å². The van der Waals surface area contributed by atoms with Gasteiger partial charge in [0.1, 0.15) is 0 Å². The Morgan fingerprint density at radius 3 is 2.59 bits per heavy atom. The summed E-state index contributed by atoms with van der Waals surface area (Å²) in [5.41, 5.74) is 1.09. The summed E-state index contributed by atoms with van der Waals surface area (Å²) in [7, 11) is 2.78. The summed E-state index contributed by atoms with van der Waals surface area (Å²) in [5.74, 6) is -1.46. The first-order valence-corrected chi connectivity index (χ1v) is 5.92. The number of amides is 1. The van der Waals surface area contributed by atoms with Crippen LogP contribution >= 0.6 is 15.9 Å². The van der Waals surface area contributed by atoms with Gasteiger partial charge in [0.25, 0.3) is 0 Å². The van der Waals surface area contributed by atoms with Crippen LogP contribution in [0.5, 0.6) is 0 Å². The second kappa shape index (κ2) is 6.39. The summed E-state index contributed by atoms with van der Waals surface area (Å²) >= 11 is 3.43. The molecule has 0 radical (unpaired) electrons. The van der Waals surface area contributed by atoms with Gasteiger partial charge in [-0.25, -0.2) is 4.79 Å². The molecule has 1 amide bonds. The van der Waals surface area contributed by atoms with E-state index in [-0.39, 0.29) is 0 Å². The second-order valence-corrected chi connectivity index (χ2v) is 4.41. The van der Waals surface area contributed by atoms with Crippen molar-refractivity contribution in [3.8, 4) is 0 Å². The Morgan fingerprint density at radius 1 is 1.35 bits per heavy atom. The number of rotatable bonds is 3. The van der Waals surface area contributed by atoms with Gasteiger partial charge in [-0.2, -0.15) is 0 Å². The smallest absolute Gasteiger partial charge is 0.396 e. The Balaban J connectivity index is 2.54. The lowest BCUT2D eigenvalue weighted by Gasteiger charge is -2.15. The number of benzene rings is 1. The fourth-order valence-electron chi connectivity index (χ4n) is 1.33. The van der Waals surface area contributed by atoms with Gasteiger partial charge in [0.15, 0.2) is 0 Å². The molecule has 0 aliphatic carbocycles. The number of halogens is 1. The van der Waals surface area contributed by atoms with Crippen molar-refractivity contribution >= 4 is 27.8 Å². The Labute approximate surface area is 109 Å². The number of hydrogen-bond acceptors (Lipinski definition) is 3. The van der Waals surface area contributed by atoms with Gasteiger partial charge in [-0.05, 0) is 18.1 Å². The Hall–Kier alpha value is -1.36. The van der Waals surface area contributed by atoms with Gasteiger partial charge in [0.05, 0.1) is 7.11 Å². The molecule has 0 heterocycles. The van der Waals surface area contributed by atoms with Gasteiger partial charge in [-0.1, -0.05) is 34.1 Å². The van der Waals surface area contributed by atoms with E-state index in [0.717, 1.165) is 10.0 Å². The van der Waals surface area contributed by atoms with E-state index in [1.54, 1.807) is 7.05 Å². The number of likely N-dealkylation sites (N-methyl/N-ethyl adjacent to an activating group) is 1. The minimum Gasteiger partial charge on any atom is -0.462 e. The van der Waals surface area contributed by atoms with Crippen LogP contribution in [0.15, 0.2) is 28.7 Å². The standard InChI is InChI=1S/C12H14BrNO3/c1-14(11(15)12(16)17-2)8-7-9-5-3-4-6-10(9)13/h3-6H,7-8H2,1-2H3. The molecule has 92 valence electrons. The number of hydrogen-bond donors (Lipinski definition) is 0. The third-order valence-corrected chi connectivity index (χ3v) is 3.15. The third-order valence-electron chi connectivity index (χ3n) is 2.38. The van der Waals surface area contributed by atoms with Crippen LogP contribution in [0, 0.1) is 0 Å². The van der Waals surface area contributed by atoms with E-state index in [9.17, 15) is 9.59 Å². The van der Waals surface area contributed by atoms with Gasteiger partial charge in [0, 0.05) is 18.1 Å². The zero-order valence-electron chi connectivity index (χ0n) is 9.77. The van der Waals surface area contributed by atoms with Gasteiger partial charge in [-0.15, -0.1) is 0 Å². The molecule has 4 nitrogen and oxygen atoms in total. The number of nitrogens with zero attached hydrogens (tertiary/aromatic N) is 1. The van der Waals surface area contributed by atoms with Crippen LogP contribution in [-0.4, -0.2) is 37.5 Å². The largest absolute Gasteiger partial charge is 0.462 e. The average Bonchev–Trinajstić information content (AvgIpc) is 2.35. The number of carbonyl (C=O) groups is 2. The molecule has 1 aromatic rings. The van der Waals surface area contributed by atoms with Crippen LogP contribution in [-0.2, 0) is 20.7 Å². The number of methoxy groups -OCH3 is 1. The normalized spacial score (nSPS) is 9.82. The first kappa shape index (κ1) is 13.7. The molecule has 0 N–H and O–H groups in total. The van der Waals surface area contributed by atoms with Gasteiger partial charge in [0.2, 0.25) is 0 Å². The van der Waals surface area contributed by atoms with Gasteiger partial charge in [-0.3, -0.25) is 4.79 Å². The van der Waals surface area contributed by atoms with E-state index in [0.29, 0.717) is 13.0 Å². The van der Waals surface area contributed by atoms with Crippen molar-refractivity contribution in [2.45, 2.75) is 6.42 Å². The van der Waals surface area contributed by atoms with E-state index in [1.165, 1.54) is 12.0 Å². The van der Waals surface area contributed by atoms with E-state index in [4.69, 9.17) is 0 Å². The van der Waals surface area contributed by atoms with Gasteiger partial charge < -0.3 is 9.64 Å². The molecule has 0 fully saturated rings. The first-order chi connectivity index (χ1) is 8.06. The molecule has 0 aliphatic heterocycles. The number of ether oxygens (including phenoxy) is 1. The summed E-state index contributed by atoms with van der Waals surface area (Å²) in [5, 5.41) is 0. The fourth-order valence-corrected chi connectivity index (χ4v) is 1.82. The first-order valence-electron chi connectivity index (χ1n) is 5.13. The average molecular weight is 300 g/mol. The Kier molecular flexibility index (Phi) is 5.15. The highest BCUT2D eigenvalue weighted by Crippen LogP contribution is 2.16. The maximum atomic E-state index is 11.4. The predicted molar refractivity (Wildman–Crippen MR) is 67.5 cm³/mol. The third kappa shape index (κ3) is 3.85. The molecular weight excluding hydrogens is 286 g/mol. The topological polar surface area (TPSA) is 46.6 Å². The maximum absolute atomic E-state index is 11.4. The monoisotopic (exact) mass is 299 g/mol. The number of carbonyl (C=O) groups excluding carboxylic acids is 2. The van der Waals surface area contributed by atoms with E-state index in [1.807, 2.05) is 24.3 Å². The van der Waals surface area contributed by atoms with Crippen molar-refractivity contribution in [1.29, 1.82) is 0 Å². The molecular formula is C12H14BrNO3. The Bertz CT molecular complexity index is 420. The molecule has 0 bridgehead atoms. The molecule has 17 heavy (non-hydrogen) atoms. The second-order valence-electron chi connectivity index (χ2n) is 3.56. The van der Waals surface area contributed by atoms with Crippen LogP contribution in [0.4, 0.5) is 0 Å². The van der Waals surface area contributed by atoms with Crippen molar-refractivity contribution < 1.29 is 14.3 Å². The van der Waals surface area contributed by atoms with Crippen molar-refractivity contribution in [3.63, 3.8) is 0 Å². The van der Waals surface area contributed by atoms with Crippen molar-refractivity contribution in [2.24, 2.45) is 0 Å². The zero-order valence-corrected chi connectivity index (χ0v) is 11.4. The van der Waals surface area contributed by atoms with Gasteiger partial charge >= 0.3 is 11.9 Å². The molecule has 0 unspecified atom stereocenters. The lowest BCUT2D eigenvalue weighted by molar-refractivity contribution is -0.157. The lowest BCUT2D eigenvalue weighted by atomic mass is 10.1. The molecule has 0 aromatic heterocycles. The molecule has 1 rings (SSSR count). The predicted octanol–water partition coefficient (Wildman–Crippen LogP) is 1.62. The summed E-state index contributed by atoms with van der Waals surface area (Å²) in [6.45, 7) is 0.469. The minimum atomic E-state index is -0.834. The summed E-state index contributed by atoms with van der Waals surface area (Å²) < 4.78 is 5.37. The SMILES string of the molecule is COC(=O)C(=O)N(C)CCc1ccccc1Br. The maximum Gasteiger partial charge on any atom is 0.396 e. The van der Waals surface area contributed by atoms with E-state index >= 15 is 0 Å². The highest BCUT2D eigenvalue weighted by molar-refractivity contribution is 9.10. The van der Waals surface area contributed by atoms with Crippen LogP contribution in [0.25, 0.3) is 0 Å². The summed E-state index contributed by atoms with van der Waals surface area (Å²) in [4.78, 5) is 23.8. The number of esters is 1. The van der Waals surface area contributed by atoms with Crippen molar-refractivity contribution in [2.75, 3.05) is 20.7 Å². The van der Waals surface area contributed by atoms with E-state index < -0.39 is 11.9 Å². The molecule has 0 saturated heterocycles. The molecule has 5 heteroatoms. The van der Waals surface area contributed by atoms with Crippen molar-refractivity contribution in [3.05, 3.63) is 34.3 Å². The minimum absolute atomic E-state index is 0.469. The molecule has 0 aliphatic rings. The van der Waals surface area contributed by atoms with Crippen LogP contribution in [0.3, 0.4) is 0 Å². The summed E-state index contributed by atoms with van der Waals surface area (Å²) in [6, 6.07) is 7.77. The molecule has 0 atom stereocenters. The fraction of sp³-hybridized carbons (Fsp3) is 0.333.